The van der Waals surface area contributed by atoms with Gasteiger partial charge in [-0.05, 0) is 24.3 Å². The highest BCUT2D eigenvalue weighted by Crippen LogP contribution is 2.26. The minimum Gasteiger partial charge on any atom is -0.486 e. The number of nitrogens with zero attached hydrogens (tertiary/aromatic N) is 4. The summed E-state index contributed by atoms with van der Waals surface area (Å²) in [6.45, 7) is 6.60. The van der Waals surface area contributed by atoms with E-state index in [1.54, 1.807) is 28.1 Å². The van der Waals surface area contributed by atoms with Crippen LogP contribution in [0.15, 0.2) is 34.8 Å². The van der Waals surface area contributed by atoms with Crippen molar-refractivity contribution < 1.29 is 4.74 Å². The van der Waals surface area contributed by atoms with Crippen LogP contribution in [0.2, 0.25) is 5.02 Å². The lowest BCUT2D eigenvalue weighted by molar-refractivity contribution is 0.305. The topological polar surface area (TPSA) is 78.9 Å². The predicted octanol–water partition coefficient (Wildman–Crippen LogP) is 4.27. The number of benzene rings is 1. The quantitative estimate of drug-likeness (QED) is 0.483. The predicted molar refractivity (Wildman–Crippen MR) is 106 cm³/mol. The Kier molecular flexibility index (Phi) is 5.74. The number of hydrogen-bond acceptors (Lipinski definition) is 7. The number of hydrogen-bond donors (Lipinski definition) is 1. The van der Waals surface area contributed by atoms with Gasteiger partial charge in [-0.15, -0.1) is 21.5 Å². The molecule has 0 saturated heterocycles. The van der Waals surface area contributed by atoms with Crippen molar-refractivity contribution in [2.24, 2.45) is 0 Å². The number of rotatable bonds is 6. The van der Waals surface area contributed by atoms with Gasteiger partial charge in [0.15, 0.2) is 5.82 Å². The van der Waals surface area contributed by atoms with Crippen LogP contribution >= 0.6 is 34.7 Å². The van der Waals surface area contributed by atoms with Gasteiger partial charge in [0.25, 0.3) is 0 Å². The highest BCUT2D eigenvalue weighted by molar-refractivity contribution is 7.98. The molecule has 2 N–H and O–H groups in total. The standard InChI is InChI=1S/C17H20ClN5OS2/c1-17(2,3)15-21-22-16(23(15)19)26-10-12-9-25-14(20-12)8-24-13-6-4-11(18)5-7-13/h4-7,9H,8,10,19H2,1-3H3. The van der Waals surface area contributed by atoms with Gasteiger partial charge in [-0.3, -0.25) is 0 Å². The van der Waals surface area contributed by atoms with E-state index in [1.165, 1.54) is 11.8 Å². The molecule has 2 aromatic heterocycles. The van der Waals surface area contributed by atoms with Crippen molar-refractivity contribution in [3.05, 3.63) is 51.2 Å². The maximum absolute atomic E-state index is 6.11. The van der Waals surface area contributed by atoms with Crippen LogP contribution in [0, 0.1) is 0 Å². The third kappa shape index (κ3) is 4.69. The number of aromatic nitrogens is 4. The van der Waals surface area contributed by atoms with Gasteiger partial charge < -0.3 is 10.6 Å². The largest absolute Gasteiger partial charge is 0.486 e. The van der Waals surface area contributed by atoms with E-state index in [9.17, 15) is 0 Å². The van der Waals surface area contributed by atoms with Crippen LogP contribution in [0.4, 0.5) is 0 Å². The number of halogens is 1. The number of thioether (sulfide) groups is 1. The lowest BCUT2D eigenvalue weighted by atomic mass is 9.96. The number of nitrogen functional groups attached to an aromatic ring is 1. The molecule has 0 aliphatic carbocycles. The van der Waals surface area contributed by atoms with E-state index in [-0.39, 0.29) is 5.41 Å². The van der Waals surface area contributed by atoms with Gasteiger partial charge in [-0.2, -0.15) is 0 Å². The summed E-state index contributed by atoms with van der Waals surface area (Å²) in [6, 6.07) is 7.28. The molecule has 0 aliphatic heterocycles. The SMILES string of the molecule is CC(C)(C)c1nnc(SCc2csc(COc3ccc(Cl)cc3)n2)n1N. The van der Waals surface area contributed by atoms with E-state index in [1.807, 2.05) is 17.5 Å². The zero-order chi connectivity index (χ0) is 18.7. The summed E-state index contributed by atoms with van der Waals surface area (Å²) in [7, 11) is 0. The summed E-state index contributed by atoms with van der Waals surface area (Å²) in [5, 5.41) is 12.7. The highest BCUT2D eigenvalue weighted by Gasteiger charge is 2.23. The second kappa shape index (κ2) is 7.85. The van der Waals surface area contributed by atoms with Crippen LogP contribution < -0.4 is 10.6 Å². The van der Waals surface area contributed by atoms with E-state index in [2.05, 4.69) is 36.0 Å². The first kappa shape index (κ1) is 19.0. The fourth-order valence-electron chi connectivity index (χ4n) is 2.18. The van der Waals surface area contributed by atoms with Gasteiger partial charge in [0.1, 0.15) is 17.4 Å². The summed E-state index contributed by atoms with van der Waals surface area (Å²) in [4.78, 5) is 4.59. The minimum atomic E-state index is -0.145. The van der Waals surface area contributed by atoms with Gasteiger partial charge >= 0.3 is 0 Å². The van der Waals surface area contributed by atoms with Gasteiger partial charge in [0.05, 0.1) is 5.69 Å². The molecule has 1 aromatic carbocycles. The Labute approximate surface area is 165 Å². The van der Waals surface area contributed by atoms with Crippen LogP contribution in [0.1, 0.15) is 37.3 Å². The zero-order valence-electron chi connectivity index (χ0n) is 14.8. The van der Waals surface area contributed by atoms with Crippen molar-refractivity contribution in [3.8, 4) is 5.75 Å². The summed E-state index contributed by atoms with van der Waals surface area (Å²) < 4.78 is 7.28. The molecule has 2 heterocycles. The Balaban J connectivity index is 1.55. The zero-order valence-corrected chi connectivity index (χ0v) is 17.2. The van der Waals surface area contributed by atoms with Crippen LogP contribution in [0.5, 0.6) is 5.75 Å². The molecule has 3 aromatic rings. The molecule has 0 fully saturated rings. The smallest absolute Gasteiger partial charge is 0.210 e. The van der Waals surface area contributed by atoms with Crippen molar-refractivity contribution in [2.45, 2.75) is 43.7 Å². The first-order valence-electron chi connectivity index (χ1n) is 7.98. The van der Waals surface area contributed by atoms with Crippen molar-refractivity contribution in [1.29, 1.82) is 0 Å². The van der Waals surface area contributed by atoms with Crippen molar-refractivity contribution in [1.82, 2.24) is 19.9 Å². The molecular weight excluding hydrogens is 390 g/mol. The van der Waals surface area contributed by atoms with Gasteiger partial charge in [-0.25, -0.2) is 9.66 Å². The van der Waals surface area contributed by atoms with Crippen molar-refractivity contribution >= 4 is 34.7 Å². The van der Waals surface area contributed by atoms with Crippen molar-refractivity contribution in [2.75, 3.05) is 5.84 Å². The lowest BCUT2D eigenvalue weighted by Crippen LogP contribution is -2.24. The summed E-state index contributed by atoms with van der Waals surface area (Å²) in [5.41, 5.74) is 0.822. The normalized spacial score (nSPS) is 11.7. The summed E-state index contributed by atoms with van der Waals surface area (Å²) in [6.07, 6.45) is 0. The molecule has 0 radical (unpaired) electrons. The molecule has 0 unspecified atom stereocenters. The molecule has 6 nitrogen and oxygen atoms in total. The first-order valence-corrected chi connectivity index (χ1v) is 10.2. The van der Waals surface area contributed by atoms with Gasteiger partial charge in [0, 0.05) is 21.6 Å². The molecule has 0 atom stereocenters. The second-order valence-electron chi connectivity index (χ2n) is 6.69. The third-order valence-corrected chi connectivity index (χ3v) is 5.56. The van der Waals surface area contributed by atoms with Crippen LogP contribution in [-0.4, -0.2) is 19.9 Å². The number of nitrogens with two attached hydrogens (primary N) is 1. The van der Waals surface area contributed by atoms with E-state index >= 15 is 0 Å². The molecule has 9 heteroatoms. The Morgan fingerprint density at radius 1 is 1.23 bits per heavy atom. The summed E-state index contributed by atoms with van der Waals surface area (Å²) in [5.74, 6) is 8.31. The summed E-state index contributed by atoms with van der Waals surface area (Å²) >= 11 is 8.96. The van der Waals surface area contributed by atoms with E-state index < -0.39 is 0 Å². The van der Waals surface area contributed by atoms with E-state index in [0.29, 0.717) is 22.5 Å². The van der Waals surface area contributed by atoms with E-state index in [4.69, 9.17) is 22.2 Å². The average molecular weight is 410 g/mol. The van der Waals surface area contributed by atoms with Crippen LogP contribution in [0.3, 0.4) is 0 Å². The molecule has 3 rings (SSSR count). The second-order valence-corrected chi connectivity index (χ2v) is 9.01. The molecule has 138 valence electrons. The first-order chi connectivity index (χ1) is 12.3. The van der Waals surface area contributed by atoms with Crippen LogP contribution in [0.25, 0.3) is 0 Å². The molecular formula is C17H20ClN5OS2. The molecule has 0 saturated carbocycles. The molecule has 26 heavy (non-hydrogen) atoms. The van der Waals surface area contributed by atoms with Gasteiger partial charge in [0.2, 0.25) is 5.16 Å². The number of thiazole rings is 1. The Morgan fingerprint density at radius 2 is 1.96 bits per heavy atom. The molecule has 0 bridgehead atoms. The highest BCUT2D eigenvalue weighted by atomic mass is 35.5. The average Bonchev–Trinajstić information content (AvgIpc) is 3.18. The number of ether oxygens (including phenoxy) is 1. The minimum absolute atomic E-state index is 0.145. The Hall–Kier alpha value is -1.77. The fourth-order valence-corrected chi connectivity index (χ4v) is 3.87. The third-order valence-electron chi connectivity index (χ3n) is 3.46. The molecule has 0 spiro atoms. The Morgan fingerprint density at radius 3 is 2.62 bits per heavy atom. The van der Waals surface area contributed by atoms with E-state index in [0.717, 1.165) is 22.3 Å². The fraction of sp³-hybridized carbons (Fsp3) is 0.353. The molecule has 0 aliphatic rings. The molecule has 0 amide bonds. The Bertz CT molecular complexity index is 870. The van der Waals surface area contributed by atoms with Crippen LogP contribution in [-0.2, 0) is 17.8 Å². The lowest BCUT2D eigenvalue weighted by Gasteiger charge is -2.16. The monoisotopic (exact) mass is 409 g/mol. The van der Waals surface area contributed by atoms with Gasteiger partial charge in [-0.1, -0.05) is 44.1 Å². The maximum Gasteiger partial charge on any atom is 0.210 e. The van der Waals surface area contributed by atoms with Crippen molar-refractivity contribution in [3.63, 3.8) is 0 Å². The maximum atomic E-state index is 6.11.